The molecule has 0 heterocycles. The molecule has 2 aromatic carbocycles. The van der Waals surface area contributed by atoms with Crippen molar-refractivity contribution in [2.75, 3.05) is 0 Å². The second kappa shape index (κ2) is 6.48. The molecule has 0 aliphatic rings. The minimum Gasteiger partial charge on any atom is -0.287 e. The van der Waals surface area contributed by atoms with Crippen molar-refractivity contribution in [1.82, 2.24) is 0 Å². The first-order valence-electron chi connectivity index (χ1n) is 7.71. The molecule has 1 unspecified atom stereocenters. The number of hydrogen-bond donors (Lipinski definition) is 1. The van der Waals surface area contributed by atoms with Crippen molar-refractivity contribution < 1.29 is 9.18 Å². The Bertz CT molecular complexity index is 675. The minimum atomic E-state index is -1.25. The molecule has 0 aliphatic carbocycles. The zero-order chi connectivity index (χ0) is 17.3. The Hall–Kier alpha value is -1.61. The third-order valence-corrected chi connectivity index (χ3v) is 5.65. The summed E-state index contributed by atoms with van der Waals surface area (Å²) in [6, 6.07) is 17.4. The van der Waals surface area contributed by atoms with Crippen molar-refractivity contribution >= 4 is 17.7 Å². The molecule has 23 heavy (non-hydrogen) atoms. The number of halogens is 1. The highest BCUT2D eigenvalue weighted by atomic mass is 32.1. The molecule has 0 amide bonds. The Morgan fingerprint density at radius 2 is 1.39 bits per heavy atom. The lowest BCUT2D eigenvalue weighted by molar-refractivity contribution is -0.127. The van der Waals surface area contributed by atoms with E-state index in [0.717, 1.165) is 11.1 Å². The van der Waals surface area contributed by atoms with Crippen molar-refractivity contribution in [3.8, 4) is 11.1 Å². The predicted octanol–water partition coefficient (Wildman–Crippen LogP) is 5.87. The number of alkyl halides is 1. The van der Waals surface area contributed by atoms with Crippen molar-refractivity contribution in [3.63, 3.8) is 0 Å². The number of carbonyl (C=O) groups excluding carboxylic acids is 1. The fourth-order valence-electron chi connectivity index (χ4n) is 2.48. The van der Waals surface area contributed by atoms with Gasteiger partial charge in [-0.2, -0.15) is 0 Å². The fraction of sp³-hybridized carbons (Fsp3) is 0.350. The monoisotopic (exact) mass is 330 g/mol. The van der Waals surface area contributed by atoms with E-state index in [4.69, 9.17) is 0 Å². The number of thiol groups is 1. The SMILES string of the molecule is CC(C)(C(=O)S)C(C)(C)C(F)c1ccc(-c2ccccc2)cc1. The normalized spacial score (nSPS) is 13.7. The second-order valence-electron chi connectivity index (χ2n) is 7.00. The Morgan fingerprint density at radius 1 is 0.913 bits per heavy atom. The van der Waals surface area contributed by atoms with Crippen LogP contribution in [0.5, 0.6) is 0 Å². The maximum Gasteiger partial charge on any atom is 0.192 e. The number of benzene rings is 2. The van der Waals surface area contributed by atoms with Gasteiger partial charge in [-0.25, -0.2) is 4.39 Å². The predicted molar refractivity (Wildman–Crippen MR) is 97.3 cm³/mol. The van der Waals surface area contributed by atoms with Gasteiger partial charge in [0, 0.05) is 10.8 Å². The zero-order valence-electron chi connectivity index (χ0n) is 14.0. The Balaban J connectivity index is 2.30. The van der Waals surface area contributed by atoms with Crippen LogP contribution in [0.3, 0.4) is 0 Å². The van der Waals surface area contributed by atoms with Crippen LogP contribution in [-0.4, -0.2) is 5.12 Å². The van der Waals surface area contributed by atoms with E-state index in [-0.39, 0.29) is 5.12 Å². The summed E-state index contributed by atoms with van der Waals surface area (Å²) in [7, 11) is 0. The molecule has 3 heteroatoms. The van der Waals surface area contributed by atoms with Gasteiger partial charge in [0.1, 0.15) is 6.17 Å². The third-order valence-electron chi connectivity index (χ3n) is 5.09. The smallest absolute Gasteiger partial charge is 0.192 e. The highest BCUT2D eigenvalue weighted by molar-refractivity contribution is 7.96. The number of hydrogen-bond acceptors (Lipinski definition) is 1. The van der Waals surface area contributed by atoms with Gasteiger partial charge in [-0.05, 0) is 16.7 Å². The Kier molecular flexibility index (Phi) is 5.00. The molecule has 122 valence electrons. The number of carbonyl (C=O) groups is 1. The lowest BCUT2D eigenvalue weighted by atomic mass is 9.64. The van der Waals surface area contributed by atoms with Crippen LogP contribution >= 0.6 is 12.6 Å². The first kappa shape index (κ1) is 17.7. The number of rotatable bonds is 5. The quantitative estimate of drug-likeness (QED) is 0.678. The highest BCUT2D eigenvalue weighted by Gasteiger charge is 2.47. The van der Waals surface area contributed by atoms with Gasteiger partial charge >= 0.3 is 0 Å². The van der Waals surface area contributed by atoms with Gasteiger partial charge in [-0.3, -0.25) is 4.79 Å². The molecule has 0 N–H and O–H groups in total. The van der Waals surface area contributed by atoms with Crippen LogP contribution in [0.2, 0.25) is 0 Å². The molecule has 0 aromatic heterocycles. The molecule has 0 fully saturated rings. The standard InChI is InChI=1S/C20H23FOS/c1-19(2,20(3,4)18(22)23)17(21)16-12-10-15(11-13-16)14-8-6-5-7-9-14/h5-13,17H,1-4H3,(H,22,23). The third kappa shape index (κ3) is 3.35. The average molecular weight is 330 g/mol. The van der Waals surface area contributed by atoms with Crippen LogP contribution in [0.25, 0.3) is 11.1 Å². The van der Waals surface area contributed by atoms with Crippen LogP contribution in [0.15, 0.2) is 54.6 Å². The van der Waals surface area contributed by atoms with Crippen molar-refractivity contribution in [3.05, 3.63) is 60.2 Å². The van der Waals surface area contributed by atoms with E-state index in [0.29, 0.717) is 5.56 Å². The average Bonchev–Trinajstić information content (AvgIpc) is 2.54. The highest BCUT2D eigenvalue weighted by Crippen LogP contribution is 2.50. The molecule has 0 bridgehead atoms. The molecular weight excluding hydrogens is 307 g/mol. The van der Waals surface area contributed by atoms with Gasteiger partial charge in [0.15, 0.2) is 5.12 Å². The molecule has 0 saturated carbocycles. The van der Waals surface area contributed by atoms with E-state index >= 15 is 4.39 Å². The largest absolute Gasteiger partial charge is 0.287 e. The van der Waals surface area contributed by atoms with Crippen LogP contribution < -0.4 is 0 Å². The molecule has 0 saturated heterocycles. The van der Waals surface area contributed by atoms with Crippen LogP contribution in [0, 0.1) is 10.8 Å². The summed E-state index contributed by atoms with van der Waals surface area (Å²) in [6.07, 6.45) is -1.25. The molecule has 0 radical (unpaired) electrons. The van der Waals surface area contributed by atoms with Crippen LogP contribution in [0.1, 0.15) is 39.4 Å². The molecule has 2 aromatic rings. The van der Waals surface area contributed by atoms with Gasteiger partial charge in [0.05, 0.1) is 0 Å². The summed E-state index contributed by atoms with van der Waals surface area (Å²) in [5.74, 6) is 0. The summed E-state index contributed by atoms with van der Waals surface area (Å²) < 4.78 is 15.1. The van der Waals surface area contributed by atoms with Gasteiger partial charge in [-0.15, -0.1) is 12.6 Å². The van der Waals surface area contributed by atoms with Crippen LogP contribution in [0.4, 0.5) is 4.39 Å². The summed E-state index contributed by atoms with van der Waals surface area (Å²) in [5.41, 5.74) is 0.995. The summed E-state index contributed by atoms with van der Waals surface area (Å²) >= 11 is 3.94. The van der Waals surface area contributed by atoms with Gasteiger partial charge in [0.25, 0.3) is 0 Å². The Morgan fingerprint density at radius 3 is 1.87 bits per heavy atom. The molecule has 1 atom stereocenters. The minimum absolute atomic E-state index is 0.300. The lowest BCUT2D eigenvalue weighted by Gasteiger charge is -2.41. The molecule has 0 spiro atoms. The van der Waals surface area contributed by atoms with Crippen LogP contribution in [-0.2, 0) is 4.79 Å². The van der Waals surface area contributed by atoms with E-state index in [1.165, 1.54) is 0 Å². The summed E-state index contributed by atoms with van der Waals surface area (Å²) in [5, 5.41) is -0.300. The second-order valence-corrected chi connectivity index (χ2v) is 7.41. The summed E-state index contributed by atoms with van der Waals surface area (Å²) in [4.78, 5) is 11.8. The molecule has 2 rings (SSSR count). The molecule has 1 nitrogen and oxygen atoms in total. The van der Waals surface area contributed by atoms with Gasteiger partial charge in [0.2, 0.25) is 0 Å². The maximum absolute atomic E-state index is 15.1. The van der Waals surface area contributed by atoms with Crippen molar-refractivity contribution in [1.29, 1.82) is 0 Å². The molecular formula is C20H23FOS. The lowest BCUT2D eigenvalue weighted by Crippen LogP contribution is -2.40. The van der Waals surface area contributed by atoms with E-state index in [2.05, 4.69) is 12.6 Å². The van der Waals surface area contributed by atoms with E-state index in [9.17, 15) is 4.79 Å². The molecule has 0 aliphatic heterocycles. The topological polar surface area (TPSA) is 17.1 Å². The van der Waals surface area contributed by atoms with Gasteiger partial charge < -0.3 is 0 Å². The van der Waals surface area contributed by atoms with E-state index < -0.39 is 17.0 Å². The zero-order valence-corrected chi connectivity index (χ0v) is 14.9. The van der Waals surface area contributed by atoms with Gasteiger partial charge in [-0.1, -0.05) is 82.3 Å². The Labute approximate surface area is 143 Å². The first-order chi connectivity index (χ1) is 10.7. The van der Waals surface area contributed by atoms with Crippen molar-refractivity contribution in [2.24, 2.45) is 10.8 Å². The summed E-state index contributed by atoms with van der Waals surface area (Å²) in [6.45, 7) is 7.04. The van der Waals surface area contributed by atoms with Crippen molar-refractivity contribution in [2.45, 2.75) is 33.9 Å². The fourth-order valence-corrected chi connectivity index (χ4v) is 2.77. The maximum atomic E-state index is 15.1. The first-order valence-corrected chi connectivity index (χ1v) is 8.15. The van der Waals surface area contributed by atoms with E-state index in [1.54, 1.807) is 39.8 Å². The van der Waals surface area contributed by atoms with E-state index in [1.807, 2.05) is 42.5 Å².